The fourth-order valence-corrected chi connectivity index (χ4v) is 2.23. The van der Waals surface area contributed by atoms with E-state index < -0.39 is 9.84 Å². The van der Waals surface area contributed by atoms with Gasteiger partial charge in [0.1, 0.15) is 15.6 Å². The van der Waals surface area contributed by atoms with Gasteiger partial charge in [-0.25, -0.2) is 8.42 Å². The number of hydrogen-bond donors (Lipinski definition) is 0. The van der Waals surface area contributed by atoms with Gasteiger partial charge in [0.15, 0.2) is 0 Å². The Morgan fingerprint density at radius 3 is 2.89 bits per heavy atom. The maximum Gasteiger partial charge on any atom is 0.150 e. The van der Waals surface area contributed by atoms with Gasteiger partial charge in [-0.05, 0) is 12.5 Å². The lowest BCUT2D eigenvalue weighted by molar-refractivity contribution is 0.316. The number of rotatable bonds is 6. The van der Waals surface area contributed by atoms with Gasteiger partial charge in [0.05, 0.1) is 24.4 Å². The standard InChI is InChI=1S/C13H16ClNO3S/c1-2-19(16,17)8-4-7-18-13-9-12(5-3-6-14)10-15-11-13/h9-11H,2,4,6-8H2,1H3. The van der Waals surface area contributed by atoms with Gasteiger partial charge >= 0.3 is 0 Å². The fraction of sp³-hybridized carbons (Fsp3) is 0.462. The molecular weight excluding hydrogens is 286 g/mol. The van der Waals surface area contributed by atoms with Gasteiger partial charge in [0.2, 0.25) is 0 Å². The highest BCUT2D eigenvalue weighted by Gasteiger charge is 2.06. The van der Waals surface area contributed by atoms with Crippen LogP contribution >= 0.6 is 11.6 Å². The molecule has 0 aliphatic carbocycles. The number of nitrogens with zero attached hydrogens (tertiary/aromatic N) is 1. The van der Waals surface area contributed by atoms with Gasteiger partial charge in [0.25, 0.3) is 0 Å². The lowest BCUT2D eigenvalue weighted by atomic mass is 10.3. The summed E-state index contributed by atoms with van der Waals surface area (Å²) < 4.78 is 28.0. The van der Waals surface area contributed by atoms with E-state index in [1.165, 1.54) is 0 Å². The Bertz CT molecular complexity index is 561. The summed E-state index contributed by atoms with van der Waals surface area (Å²) in [6.07, 6.45) is 3.65. The van der Waals surface area contributed by atoms with Crippen LogP contribution in [0, 0.1) is 11.8 Å². The summed E-state index contributed by atoms with van der Waals surface area (Å²) in [5.74, 6) is 6.71. The van der Waals surface area contributed by atoms with Gasteiger partial charge in [-0.3, -0.25) is 4.98 Å². The minimum atomic E-state index is -2.93. The quantitative estimate of drug-likeness (QED) is 0.457. The highest BCUT2D eigenvalue weighted by Crippen LogP contribution is 2.10. The summed E-state index contributed by atoms with van der Waals surface area (Å²) >= 11 is 5.47. The Morgan fingerprint density at radius 2 is 2.21 bits per heavy atom. The molecule has 6 heteroatoms. The highest BCUT2D eigenvalue weighted by molar-refractivity contribution is 7.91. The predicted octanol–water partition coefficient (Wildman–Crippen LogP) is 1.88. The first-order valence-electron chi connectivity index (χ1n) is 5.90. The zero-order chi connectivity index (χ0) is 14.1. The predicted molar refractivity (Wildman–Crippen MR) is 76.3 cm³/mol. The third-order valence-electron chi connectivity index (χ3n) is 2.32. The van der Waals surface area contributed by atoms with E-state index in [9.17, 15) is 8.42 Å². The molecular formula is C13H16ClNO3S. The second kappa shape index (κ2) is 8.03. The van der Waals surface area contributed by atoms with Crippen molar-refractivity contribution in [3.05, 3.63) is 24.0 Å². The van der Waals surface area contributed by atoms with E-state index >= 15 is 0 Å². The smallest absolute Gasteiger partial charge is 0.150 e. The SMILES string of the molecule is CCS(=O)(=O)CCCOc1cncc(C#CCCl)c1. The summed E-state index contributed by atoms with van der Waals surface area (Å²) in [5.41, 5.74) is 0.722. The normalized spacial score (nSPS) is 10.6. The van der Waals surface area contributed by atoms with E-state index in [1.807, 2.05) is 0 Å². The highest BCUT2D eigenvalue weighted by atomic mass is 35.5. The molecule has 1 rings (SSSR count). The Kier molecular flexibility index (Phi) is 6.68. The maximum absolute atomic E-state index is 11.3. The van der Waals surface area contributed by atoms with Gasteiger partial charge in [0, 0.05) is 17.5 Å². The second-order valence-electron chi connectivity index (χ2n) is 3.78. The second-order valence-corrected chi connectivity index (χ2v) is 6.52. The van der Waals surface area contributed by atoms with Gasteiger partial charge < -0.3 is 4.74 Å². The van der Waals surface area contributed by atoms with Crippen molar-refractivity contribution in [1.29, 1.82) is 0 Å². The molecule has 0 unspecified atom stereocenters. The molecule has 0 bridgehead atoms. The number of aromatic nitrogens is 1. The lowest BCUT2D eigenvalue weighted by Gasteiger charge is -2.05. The number of halogens is 1. The van der Waals surface area contributed by atoms with E-state index in [0.29, 0.717) is 18.8 Å². The van der Waals surface area contributed by atoms with Crippen molar-refractivity contribution >= 4 is 21.4 Å². The van der Waals surface area contributed by atoms with Crippen LogP contribution in [0.25, 0.3) is 0 Å². The van der Waals surface area contributed by atoms with Gasteiger partial charge in [-0.15, -0.1) is 11.6 Å². The van der Waals surface area contributed by atoms with Crippen molar-refractivity contribution in [2.75, 3.05) is 24.0 Å². The molecule has 0 fully saturated rings. The molecule has 4 nitrogen and oxygen atoms in total. The number of sulfone groups is 1. The van der Waals surface area contributed by atoms with Crippen LogP contribution in [-0.2, 0) is 9.84 Å². The summed E-state index contributed by atoms with van der Waals surface area (Å²) in [4.78, 5) is 3.99. The summed E-state index contributed by atoms with van der Waals surface area (Å²) in [5, 5.41) is 0. The van der Waals surface area contributed by atoms with Crippen molar-refractivity contribution in [2.45, 2.75) is 13.3 Å². The zero-order valence-corrected chi connectivity index (χ0v) is 12.3. The molecule has 0 atom stereocenters. The molecule has 1 aromatic heterocycles. The van der Waals surface area contributed by atoms with Gasteiger partial charge in [-0.2, -0.15) is 0 Å². The Hall–Kier alpha value is -1.25. The third kappa shape index (κ3) is 6.46. The molecule has 0 spiro atoms. The molecule has 1 aromatic rings. The van der Waals surface area contributed by atoms with Crippen LogP contribution in [0.3, 0.4) is 0 Å². The van der Waals surface area contributed by atoms with Gasteiger partial charge in [-0.1, -0.05) is 18.8 Å². The number of pyridine rings is 1. The number of hydrogen-bond acceptors (Lipinski definition) is 4. The Morgan fingerprint density at radius 1 is 1.42 bits per heavy atom. The van der Waals surface area contributed by atoms with Crippen molar-refractivity contribution < 1.29 is 13.2 Å². The molecule has 0 saturated carbocycles. The van der Waals surface area contributed by atoms with E-state index in [-0.39, 0.29) is 17.4 Å². The van der Waals surface area contributed by atoms with E-state index in [2.05, 4.69) is 16.8 Å². The molecule has 0 radical (unpaired) electrons. The topological polar surface area (TPSA) is 56.3 Å². The molecule has 104 valence electrons. The van der Waals surface area contributed by atoms with Crippen molar-refractivity contribution in [3.8, 4) is 17.6 Å². The Balaban J connectivity index is 2.46. The average molecular weight is 302 g/mol. The van der Waals surface area contributed by atoms with Crippen LogP contribution in [0.15, 0.2) is 18.5 Å². The summed E-state index contributed by atoms with van der Waals surface area (Å²) in [6, 6.07) is 1.75. The first-order chi connectivity index (χ1) is 9.07. The molecule has 0 N–H and O–H groups in total. The average Bonchev–Trinajstić information content (AvgIpc) is 2.42. The molecule has 0 aliphatic rings. The minimum absolute atomic E-state index is 0.142. The molecule has 0 aromatic carbocycles. The summed E-state index contributed by atoms with van der Waals surface area (Å²) in [7, 11) is -2.93. The van der Waals surface area contributed by atoms with Crippen LogP contribution in [0.1, 0.15) is 18.9 Å². The molecule has 0 saturated heterocycles. The van der Waals surface area contributed by atoms with E-state index in [1.54, 1.807) is 25.4 Å². The first kappa shape index (κ1) is 15.8. The maximum atomic E-state index is 11.3. The largest absolute Gasteiger partial charge is 0.492 e. The van der Waals surface area contributed by atoms with E-state index in [4.69, 9.17) is 16.3 Å². The van der Waals surface area contributed by atoms with Crippen LogP contribution in [0.2, 0.25) is 0 Å². The minimum Gasteiger partial charge on any atom is -0.492 e. The first-order valence-corrected chi connectivity index (χ1v) is 8.26. The molecule has 0 aliphatic heterocycles. The Labute approximate surface area is 119 Å². The van der Waals surface area contributed by atoms with Crippen molar-refractivity contribution in [3.63, 3.8) is 0 Å². The molecule has 1 heterocycles. The van der Waals surface area contributed by atoms with Crippen molar-refractivity contribution in [1.82, 2.24) is 4.98 Å². The fourth-order valence-electron chi connectivity index (χ4n) is 1.31. The lowest BCUT2D eigenvalue weighted by Crippen LogP contribution is -2.11. The third-order valence-corrected chi connectivity index (χ3v) is 4.24. The van der Waals surface area contributed by atoms with Crippen molar-refractivity contribution in [2.24, 2.45) is 0 Å². The zero-order valence-electron chi connectivity index (χ0n) is 10.7. The van der Waals surface area contributed by atoms with Crippen LogP contribution < -0.4 is 4.74 Å². The van der Waals surface area contributed by atoms with E-state index in [0.717, 1.165) is 5.56 Å². The number of alkyl halides is 1. The number of ether oxygens (including phenoxy) is 1. The monoisotopic (exact) mass is 301 g/mol. The van der Waals surface area contributed by atoms with Crippen LogP contribution in [0.4, 0.5) is 0 Å². The molecule has 0 amide bonds. The molecule has 19 heavy (non-hydrogen) atoms. The summed E-state index contributed by atoms with van der Waals surface area (Å²) in [6.45, 7) is 1.98. The van der Waals surface area contributed by atoms with Crippen LogP contribution in [0.5, 0.6) is 5.75 Å². The van der Waals surface area contributed by atoms with Crippen LogP contribution in [-0.4, -0.2) is 37.4 Å².